The number of rotatable bonds is 8. The summed E-state index contributed by atoms with van der Waals surface area (Å²) in [6, 6.07) is 15.3. The van der Waals surface area contributed by atoms with Crippen LogP contribution in [0.25, 0.3) is 22.0 Å². The first-order chi connectivity index (χ1) is 16.5. The standard InChI is InChI=1S/C23H28N2O4.C2H2O4/c1-15(2)24-13-17(26)14-29-22-8-6-5-7-19(22)21-11-16-9-10-18(28-4)12-20(16)23(27)25(21)3;3-1(4)2(5)6/h5-12,15,17,24,26H,13-14H2,1-4H3;(H,3,4)(H,5,6). The van der Waals surface area contributed by atoms with Crippen LogP contribution in [0, 0.1) is 0 Å². The zero-order chi connectivity index (χ0) is 26.1. The number of nitrogens with one attached hydrogen (secondary N) is 1. The number of aliphatic hydroxyl groups is 1. The van der Waals surface area contributed by atoms with E-state index in [9.17, 15) is 9.90 Å². The molecule has 0 radical (unpaired) electrons. The van der Waals surface area contributed by atoms with E-state index in [0.29, 0.717) is 29.5 Å². The summed E-state index contributed by atoms with van der Waals surface area (Å²) in [7, 11) is 3.33. The predicted molar refractivity (Wildman–Crippen MR) is 131 cm³/mol. The highest BCUT2D eigenvalue weighted by molar-refractivity contribution is 6.27. The summed E-state index contributed by atoms with van der Waals surface area (Å²) in [6.45, 7) is 4.67. The number of methoxy groups -OCH3 is 1. The van der Waals surface area contributed by atoms with Crippen molar-refractivity contribution in [3.05, 3.63) is 58.9 Å². The Hall–Kier alpha value is -3.89. The Labute approximate surface area is 202 Å². The molecule has 0 amide bonds. The molecule has 0 aliphatic rings. The Morgan fingerprint density at radius 1 is 1.06 bits per heavy atom. The van der Waals surface area contributed by atoms with Crippen LogP contribution in [-0.2, 0) is 16.6 Å². The van der Waals surface area contributed by atoms with Crippen LogP contribution in [0.3, 0.4) is 0 Å². The number of hydrogen-bond acceptors (Lipinski definition) is 7. The van der Waals surface area contributed by atoms with E-state index < -0.39 is 18.0 Å². The molecule has 3 rings (SSSR count). The van der Waals surface area contributed by atoms with Gasteiger partial charge in [0.05, 0.1) is 18.2 Å². The molecule has 35 heavy (non-hydrogen) atoms. The van der Waals surface area contributed by atoms with Crippen molar-refractivity contribution in [2.45, 2.75) is 26.0 Å². The first-order valence-corrected chi connectivity index (χ1v) is 10.8. The molecule has 1 aromatic heterocycles. The molecular weight excluding hydrogens is 456 g/mol. The normalized spacial score (nSPS) is 11.5. The third-order valence-corrected chi connectivity index (χ3v) is 4.99. The minimum atomic E-state index is -1.82. The SMILES string of the molecule is COc1ccc2cc(-c3ccccc3OCC(O)CNC(C)C)n(C)c(=O)c2c1.O=C(O)C(=O)O. The van der Waals surface area contributed by atoms with E-state index in [1.807, 2.05) is 56.3 Å². The van der Waals surface area contributed by atoms with Crippen molar-refractivity contribution in [1.29, 1.82) is 0 Å². The van der Waals surface area contributed by atoms with Crippen molar-refractivity contribution < 1.29 is 34.4 Å². The van der Waals surface area contributed by atoms with Gasteiger partial charge in [0.2, 0.25) is 0 Å². The van der Waals surface area contributed by atoms with Gasteiger partial charge >= 0.3 is 11.9 Å². The number of para-hydroxylation sites is 1. The van der Waals surface area contributed by atoms with Crippen LogP contribution in [0.1, 0.15) is 13.8 Å². The Bertz CT molecular complexity index is 1220. The summed E-state index contributed by atoms with van der Waals surface area (Å²) in [6.07, 6.45) is -0.627. The molecule has 188 valence electrons. The molecule has 0 bridgehead atoms. The van der Waals surface area contributed by atoms with Crippen LogP contribution in [-0.4, -0.2) is 64.2 Å². The monoisotopic (exact) mass is 486 g/mol. The zero-order valence-electron chi connectivity index (χ0n) is 20.0. The van der Waals surface area contributed by atoms with Gasteiger partial charge in [0.1, 0.15) is 24.2 Å². The molecule has 2 aromatic carbocycles. The van der Waals surface area contributed by atoms with E-state index in [4.69, 9.17) is 29.3 Å². The van der Waals surface area contributed by atoms with Crippen molar-refractivity contribution in [2.75, 3.05) is 20.3 Å². The number of pyridine rings is 1. The second-order valence-electron chi connectivity index (χ2n) is 7.98. The lowest BCUT2D eigenvalue weighted by Crippen LogP contribution is -2.35. The summed E-state index contributed by atoms with van der Waals surface area (Å²) in [4.78, 5) is 31.1. The van der Waals surface area contributed by atoms with Crippen molar-refractivity contribution >= 4 is 22.7 Å². The highest BCUT2D eigenvalue weighted by Gasteiger charge is 2.14. The second-order valence-corrected chi connectivity index (χ2v) is 7.98. The molecule has 1 atom stereocenters. The van der Waals surface area contributed by atoms with Crippen LogP contribution in [0.15, 0.2) is 53.3 Å². The van der Waals surface area contributed by atoms with Gasteiger partial charge in [-0.3, -0.25) is 4.79 Å². The van der Waals surface area contributed by atoms with E-state index in [0.717, 1.165) is 16.6 Å². The van der Waals surface area contributed by atoms with Gasteiger partial charge in [0.15, 0.2) is 0 Å². The fraction of sp³-hybridized carbons (Fsp3) is 0.320. The predicted octanol–water partition coefficient (Wildman–Crippen LogP) is 2.11. The number of aliphatic hydroxyl groups excluding tert-OH is 1. The van der Waals surface area contributed by atoms with Gasteiger partial charge in [-0.05, 0) is 35.7 Å². The first-order valence-electron chi connectivity index (χ1n) is 10.8. The minimum Gasteiger partial charge on any atom is -0.497 e. The Balaban J connectivity index is 0.000000641. The third kappa shape index (κ3) is 7.56. The second kappa shape index (κ2) is 12.5. The zero-order valence-corrected chi connectivity index (χ0v) is 20.0. The van der Waals surface area contributed by atoms with Crippen LogP contribution >= 0.6 is 0 Å². The summed E-state index contributed by atoms with van der Waals surface area (Å²) >= 11 is 0. The third-order valence-electron chi connectivity index (χ3n) is 4.99. The Kier molecular flexibility index (Phi) is 9.80. The molecule has 0 saturated heterocycles. The average Bonchev–Trinajstić information content (AvgIpc) is 2.84. The summed E-state index contributed by atoms with van der Waals surface area (Å²) in [5.74, 6) is -2.38. The maximum Gasteiger partial charge on any atom is 0.414 e. The number of nitrogens with zero attached hydrogens (tertiary/aromatic N) is 1. The number of carboxylic acid groups (broad SMARTS) is 2. The number of hydrogen-bond donors (Lipinski definition) is 4. The minimum absolute atomic E-state index is 0.104. The smallest absolute Gasteiger partial charge is 0.414 e. The lowest BCUT2D eigenvalue weighted by atomic mass is 10.1. The van der Waals surface area contributed by atoms with Gasteiger partial charge in [-0.15, -0.1) is 0 Å². The number of carbonyl (C=O) groups is 2. The Morgan fingerprint density at radius 2 is 1.71 bits per heavy atom. The quantitative estimate of drug-likeness (QED) is 0.351. The van der Waals surface area contributed by atoms with E-state index >= 15 is 0 Å². The van der Waals surface area contributed by atoms with Gasteiger partial charge in [-0.25, -0.2) is 9.59 Å². The van der Waals surface area contributed by atoms with Gasteiger partial charge in [-0.2, -0.15) is 0 Å². The van der Waals surface area contributed by atoms with Crippen molar-refractivity contribution in [2.24, 2.45) is 7.05 Å². The lowest BCUT2D eigenvalue weighted by molar-refractivity contribution is -0.159. The van der Waals surface area contributed by atoms with E-state index in [1.54, 1.807) is 24.8 Å². The maximum atomic E-state index is 12.9. The molecule has 10 nitrogen and oxygen atoms in total. The van der Waals surface area contributed by atoms with Gasteiger partial charge in [0, 0.05) is 25.2 Å². The molecule has 4 N–H and O–H groups in total. The fourth-order valence-electron chi connectivity index (χ4n) is 3.19. The van der Waals surface area contributed by atoms with Crippen LogP contribution in [0.5, 0.6) is 11.5 Å². The molecule has 0 aliphatic heterocycles. The summed E-state index contributed by atoms with van der Waals surface area (Å²) in [5, 5.41) is 29.6. The average molecular weight is 487 g/mol. The molecule has 0 aliphatic carbocycles. The molecular formula is C25H30N2O8. The topological polar surface area (TPSA) is 147 Å². The molecule has 0 saturated carbocycles. The van der Waals surface area contributed by atoms with Crippen molar-refractivity contribution in [3.8, 4) is 22.8 Å². The number of benzene rings is 2. The number of aliphatic carboxylic acids is 2. The van der Waals surface area contributed by atoms with Gasteiger partial charge in [-0.1, -0.05) is 32.0 Å². The molecule has 10 heteroatoms. The van der Waals surface area contributed by atoms with Gasteiger partial charge in [0.25, 0.3) is 5.56 Å². The largest absolute Gasteiger partial charge is 0.497 e. The number of aromatic nitrogens is 1. The van der Waals surface area contributed by atoms with Crippen molar-refractivity contribution in [3.63, 3.8) is 0 Å². The number of fused-ring (bicyclic) bond motifs is 1. The summed E-state index contributed by atoms with van der Waals surface area (Å²) in [5.41, 5.74) is 1.44. The lowest BCUT2D eigenvalue weighted by Gasteiger charge is -2.18. The van der Waals surface area contributed by atoms with Crippen LogP contribution in [0.2, 0.25) is 0 Å². The molecule has 3 aromatic rings. The highest BCUT2D eigenvalue weighted by Crippen LogP contribution is 2.31. The highest BCUT2D eigenvalue weighted by atomic mass is 16.5. The molecule has 1 heterocycles. The van der Waals surface area contributed by atoms with Crippen molar-refractivity contribution in [1.82, 2.24) is 9.88 Å². The van der Waals surface area contributed by atoms with E-state index in [-0.39, 0.29) is 12.2 Å². The fourth-order valence-corrected chi connectivity index (χ4v) is 3.19. The van der Waals surface area contributed by atoms with E-state index in [2.05, 4.69) is 5.32 Å². The maximum absolute atomic E-state index is 12.9. The summed E-state index contributed by atoms with van der Waals surface area (Å²) < 4.78 is 12.8. The Morgan fingerprint density at radius 3 is 2.31 bits per heavy atom. The van der Waals surface area contributed by atoms with E-state index in [1.165, 1.54) is 0 Å². The number of carboxylic acids is 2. The molecule has 0 fully saturated rings. The van der Waals surface area contributed by atoms with Crippen LogP contribution < -0.4 is 20.3 Å². The molecule has 1 unspecified atom stereocenters. The number of ether oxygens (including phenoxy) is 2. The molecule has 0 spiro atoms. The van der Waals surface area contributed by atoms with Crippen LogP contribution in [0.4, 0.5) is 0 Å². The van der Waals surface area contributed by atoms with Gasteiger partial charge < -0.3 is 34.7 Å². The first kappa shape index (κ1) is 27.4.